The maximum absolute atomic E-state index is 11.1. The highest BCUT2D eigenvalue weighted by molar-refractivity contribution is 5.74. The predicted octanol–water partition coefficient (Wildman–Crippen LogP) is 1.87. The highest BCUT2D eigenvalue weighted by Crippen LogP contribution is 2.25. The van der Waals surface area contributed by atoms with Crippen LogP contribution in [-0.4, -0.2) is 33.9 Å². The van der Waals surface area contributed by atoms with Crippen molar-refractivity contribution in [3.63, 3.8) is 0 Å². The van der Waals surface area contributed by atoms with Crippen LogP contribution in [0.2, 0.25) is 0 Å². The highest BCUT2D eigenvalue weighted by Gasteiger charge is 2.17. The molecule has 0 radical (unpaired) electrons. The first-order chi connectivity index (χ1) is 9.04. The molecule has 0 saturated heterocycles. The number of hydrogen-bond acceptors (Lipinski definition) is 4. The molecule has 0 amide bonds. The van der Waals surface area contributed by atoms with Gasteiger partial charge in [-0.2, -0.15) is 0 Å². The van der Waals surface area contributed by atoms with Crippen LogP contribution in [0.5, 0.6) is 11.5 Å². The molecule has 1 rings (SSSR count). The van der Waals surface area contributed by atoms with E-state index < -0.39 is 12.0 Å². The van der Waals surface area contributed by atoms with E-state index in [-0.39, 0.29) is 17.9 Å². The van der Waals surface area contributed by atoms with E-state index in [9.17, 15) is 15.0 Å². The summed E-state index contributed by atoms with van der Waals surface area (Å²) in [6.07, 6.45) is 3.38. The van der Waals surface area contributed by atoms with Gasteiger partial charge in [0.05, 0.1) is 0 Å². The second kappa shape index (κ2) is 7.63. The Kier molecular flexibility index (Phi) is 6.15. The molecule has 1 unspecified atom stereocenters. The summed E-state index contributed by atoms with van der Waals surface area (Å²) in [6.45, 7) is 2.75. The topological polar surface area (TPSA) is 89.8 Å². The van der Waals surface area contributed by atoms with Crippen LogP contribution in [0.1, 0.15) is 31.7 Å². The van der Waals surface area contributed by atoms with Gasteiger partial charge in [0.15, 0.2) is 11.5 Å². The minimum Gasteiger partial charge on any atom is -0.504 e. The first-order valence-electron chi connectivity index (χ1n) is 6.51. The standard InChI is InChI=1S/C14H21NO4/c1-2-3-4-7-15-11(14(18)19)8-10-5-6-12(16)13(17)9-10/h5-6,9,11,15-17H,2-4,7-8H2,1H3,(H,18,19). The van der Waals surface area contributed by atoms with Gasteiger partial charge in [0.25, 0.3) is 0 Å². The van der Waals surface area contributed by atoms with Gasteiger partial charge in [-0.25, -0.2) is 0 Å². The fourth-order valence-electron chi connectivity index (χ4n) is 1.83. The summed E-state index contributed by atoms with van der Waals surface area (Å²) in [7, 11) is 0. The molecule has 1 aromatic rings. The quantitative estimate of drug-likeness (QED) is 0.426. The zero-order valence-electron chi connectivity index (χ0n) is 11.1. The van der Waals surface area contributed by atoms with Gasteiger partial charge >= 0.3 is 5.97 Å². The summed E-state index contributed by atoms with van der Waals surface area (Å²) in [4.78, 5) is 11.1. The lowest BCUT2D eigenvalue weighted by Gasteiger charge is -2.14. The lowest BCUT2D eigenvalue weighted by molar-refractivity contribution is -0.139. The van der Waals surface area contributed by atoms with Crippen molar-refractivity contribution < 1.29 is 20.1 Å². The Labute approximate surface area is 112 Å². The Bertz CT molecular complexity index is 420. The summed E-state index contributed by atoms with van der Waals surface area (Å²) >= 11 is 0. The molecule has 0 bridgehead atoms. The van der Waals surface area contributed by atoms with Gasteiger partial charge in [-0.1, -0.05) is 25.8 Å². The number of carboxylic acids is 1. The number of phenolic OH excluding ortho intramolecular Hbond substituents is 2. The molecule has 0 spiro atoms. The number of unbranched alkanes of at least 4 members (excludes halogenated alkanes) is 2. The number of aliphatic carboxylic acids is 1. The minimum absolute atomic E-state index is 0.202. The number of phenols is 2. The van der Waals surface area contributed by atoms with Crippen LogP contribution < -0.4 is 5.32 Å². The summed E-state index contributed by atoms with van der Waals surface area (Å²) < 4.78 is 0. The monoisotopic (exact) mass is 267 g/mol. The van der Waals surface area contributed by atoms with Crippen LogP contribution in [0.25, 0.3) is 0 Å². The van der Waals surface area contributed by atoms with E-state index in [1.807, 2.05) is 0 Å². The van der Waals surface area contributed by atoms with Crippen molar-refractivity contribution in [2.75, 3.05) is 6.54 Å². The fraction of sp³-hybridized carbons (Fsp3) is 0.500. The smallest absolute Gasteiger partial charge is 0.321 e. The molecule has 0 fully saturated rings. The molecular weight excluding hydrogens is 246 g/mol. The number of carbonyl (C=O) groups is 1. The molecule has 0 heterocycles. The second-order valence-electron chi connectivity index (χ2n) is 4.58. The number of benzene rings is 1. The SMILES string of the molecule is CCCCCNC(Cc1ccc(O)c(O)c1)C(=O)O. The van der Waals surface area contributed by atoms with Crippen LogP contribution in [0.3, 0.4) is 0 Å². The second-order valence-corrected chi connectivity index (χ2v) is 4.58. The van der Waals surface area contributed by atoms with Gasteiger partial charge < -0.3 is 20.6 Å². The van der Waals surface area contributed by atoms with Crippen molar-refractivity contribution in [3.05, 3.63) is 23.8 Å². The molecule has 1 atom stereocenters. The molecular formula is C14H21NO4. The lowest BCUT2D eigenvalue weighted by atomic mass is 10.1. The predicted molar refractivity (Wildman–Crippen MR) is 72.4 cm³/mol. The Hall–Kier alpha value is -1.75. The molecule has 0 aliphatic carbocycles. The van der Waals surface area contributed by atoms with E-state index in [2.05, 4.69) is 12.2 Å². The third-order valence-corrected chi connectivity index (χ3v) is 2.95. The Balaban J connectivity index is 2.57. The molecule has 5 nitrogen and oxygen atoms in total. The van der Waals surface area contributed by atoms with E-state index in [1.165, 1.54) is 12.1 Å². The Morgan fingerprint density at radius 3 is 2.58 bits per heavy atom. The van der Waals surface area contributed by atoms with E-state index in [1.54, 1.807) is 6.07 Å². The number of carboxylic acid groups (broad SMARTS) is 1. The maximum Gasteiger partial charge on any atom is 0.321 e. The van der Waals surface area contributed by atoms with E-state index >= 15 is 0 Å². The van der Waals surface area contributed by atoms with Crippen LogP contribution in [-0.2, 0) is 11.2 Å². The highest BCUT2D eigenvalue weighted by atomic mass is 16.4. The van der Waals surface area contributed by atoms with Crippen molar-refractivity contribution >= 4 is 5.97 Å². The van der Waals surface area contributed by atoms with Gasteiger partial charge in [-0.3, -0.25) is 4.79 Å². The van der Waals surface area contributed by atoms with Crippen LogP contribution in [0.4, 0.5) is 0 Å². The molecule has 5 heteroatoms. The molecule has 0 saturated carbocycles. The van der Waals surface area contributed by atoms with Gasteiger partial charge in [-0.15, -0.1) is 0 Å². The first kappa shape index (κ1) is 15.3. The summed E-state index contributed by atoms with van der Waals surface area (Å²) in [5.41, 5.74) is 0.672. The molecule has 106 valence electrons. The molecule has 19 heavy (non-hydrogen) atoms. The average molecular weight is 267 g/mol. The van der Waals surface area contributed by atoms with E-state index in [4.69, 9.17) is 5.11 Å². The van der Waals surface area contributed by atoms with Crippen molar-refractivity contribution in [2.24, 2.45) is 0 Å². The fourth-order valence-corrected chi connectivity index (χ4v) is 1.83. The van der Waals surface area contributed by atoms with E-state index in [0.717, 1.165) is 19.3 Å². The summed E-state index contributed by atoms with van der Waals surface area (Å²) in [5, 5.41) is 30.7. The minimum atomic E-state index is -0.913. The van der Waals surface area contributed by atoms with Crippen molar-refractivity contribution in [1.29, 1.82) is 0 Å². The average Bonchev–Trinajstić information content (AvgIpc) is 2.37. The number of nitrogens with one attached hydrogen (secondary N) is 1. The number of aromatic hydroxyl groups is 2. The lowest BCUT2D eigenvalue weighted by Crippen LogP contribution is -2.39. The van der Waals surface area contributed by atoms with Crippen LogP contribution in [0.15, 0.2) is 18.2 Å². The number of rotatable bonds is 8. The van der Waals surface area contributed by atoms with E-state index in [0.29, 0.717) is 12.1 Å². The third kappa shape index (κ3) is 5.18. The molecule has 0 aromatic heterocycles. The van der Waals surface area contributed by atoms with Gasteiger partial charge in [0.2, 0.25) is 0 Å². The zero-order valence-corrected chi connectivity index (χ0v) is 11.1. The van der Waals surface area contributed by atoms with Crippen molar-refractivity contribution in [3.8, 4) is 11.5 Å². The summed E-state index contributed by atoms with van der Waals surface area (Å²) in [6, 6.07) is 3.68. The normalized spacial score (nSPS) is 12.3. The van der Waals surface area contributed by atoms with Gasteiger partial charge in [0.1, 0.15) is 6.04 Å². The Morgan fingerprint density at radius 1 is 1.26 bits per heavy atom. The largest absolute Gasteiger partial charge is 0.504 e. The van der Waals surface area contributed by atoms with Gasteiger partial charge in [0, 0.05) is 0 Å². The van der Waals surface area contributed by atoms with Crippen LogP contribution in [0, 0.1) is 0 Å². The third-order valence-electron chi connectivity index (χ3n) is 2.95. The molecule has 0 aliphatic heterocycles. The summed E-state index contributed by atoms with van der Waals surface area (Å²) in [5.74, 6) is -1.34. The maximum atomic E-state index is 11.1. The first-order valence-corrected chi connectivity index (χ1v) is 6.51. The van der Waals surface area contributed by atoms with Crippen LogP contribution >= 0.6 is 0 Å². The number of hydrogen-bond donors (Lipinski definition) is 4. The molecule has 1 aromatic carbocycles. The molecule has 0 aliphatic rings. The Morgan fingerprint density at radius 2 is 2.00 bits per heavy atom. The van der Waals surface area contributed by atoms with Crippen molar-refractivity contribution in [2.45, 2.75) is 38.6 Å². The molecule has 4 N–H and O–H groups in total. The van der Waals surface area contributed by atoms with Gasteiger partial charge in [-0.05, 0) is 37.1 Å². The van der Waals surface area contributed by atoms with Crippen molar-refractivity contribution in [1.82, 2.24) is 5.32 Å². The zero-order chi connectivity index (χ0) is 14.3.